The fourth-order valence-corrected chi connectivity index (χ4v) is 1.22. The Morgan fingerprint density at radius 3 is 2.38 bits per heavy atom. The van der Waals surface area contributed by atoms with Crippen LogP contribution in [0.4, 0.5) is 8.78 Å². The number of aliphatic carboxylic acids is 1. The van der Waals surface area contributed by atoms with Crippen molar-refractivity contribution in [3.8, 4) is 0 Å². The van der Waals surface area contributed by atoms with E-state index >= 15 is 0 Å². The minimum atomic E-state index is -3.82. The fourth-order valence-electron chi connectivity index (χ4n) is 1.22. The standard InChI is InChI=1S/C11H13F2NO2/c1-2-14-7-8-3-5-9(6-4-8)11(12,13)10(15)16/h3-6,14H,2,7H2,1H3,(H,15,16). The third-order valence-corrected chi connectivity index (χ3v) is 2.16. The maximum absolute atomic E-state index is 13.0. The van der Waals surface area contributed by atoms with Gasteiger partial charge in [-0.1, -0.05) is 31.2 Å². The van der Waals surface area contributed by atoms with Gasteiger partial charge in [-0.25, -0.2) is 4.79 Å². The van der Waals surface area contributed by atoms with E-state index in [2.05, 4.69) is 5.32 Å². The SMILES string of the molecule is CCNCc1ccc(C(F)(F)C(=O)O)cc1. The molecule has 0 unspecified atom stereocenters. The number of hydrogen-bond donors (Lipinski definition) is 2. The van der Waals surface area contributed by atoms with Crippen molar-refractivity contribution in [2.75, 3.05) is 6.54 Å². The summed E-state index contributed by atoms with van der Waals surface area (Å²) in [5, 5.41) is 11.4. The lowest BCUT2D eigenvalue weighted by Gasteiger charge is -2.11. The average molecular weight is 229 g/mol. The summed E-state index contributed by atoms with van der Waals surface area (Å²) < 4.78 is 26.1. The number of carboxylic acids is 1. The normalized spacial score (nSPS) is 11.4. The number of carbonyl (C=O) groups is 1. The molecule has 0 spiro atoms. The zero-order chi connectivity index (χ0) is 12.2. The first-order chi connectivity index (χ1) is 7.48. The van der Waals surface area contributed by atoms with E-state index < -0.39 is 17.5 Å². The lowest BCUT2D eigenvalue weighted by atomic mass is 10.1. The molecule has 2 N–H and O–H groups in total. The summed E-state index contributed by atoms with van der Waals surface area (Å²) in [5.74, 6) is -5.96. The number of nitrogens with one attached hydrogen (secondary N) is 1. The second-order valence-electron chi connectivity index (χ2n) is 3.36. The summed E-state index contributed by atoms with van der Waals surface area (Å²) in [6.45, 7) is 3.30. The number of hydrogen-bond acceptors (Lipinski definition) is 2. The topological polar surface area (TPSA) is 49.3 Å². The molecule has 0 amide bonds. The van der Waals surface area contributed by atoms with Crippen LogP contribution in [0.5, 0.6) is 0 Å². The number of halogens is 2. The Morgan fingerprint density at radius 2 is 1.94 bits per heavy atom. The Morgan fingerprint density at radius 1 is 1.38 bits per heavy atom. The molecule has 0 fully saturated rings. The lowest BCUT2D eigenvalue weighted by molar-refractivity contribution is -0.166. The molecule has 88 valence electrons. The smallest absolute Gasteiger partial charge is 0.379 e. The second-order valence-corrected chi connectivity index (χ2v) is 3.36. The first-order valence-corrected chi connectivity index (χ1v) is 4.89. The van der Waals surface area contributed by atoms with Crippen LogP contribution >= 0.6 is 0 Å². The zero-order valence-electron chi connectivity index (χ0n) is 8.84. The predicted octanol–water partition coefficient (Wildman–Crippen LogP) is 1.97. The van der Waals surface area contributed by atoms with E-state index in [-0.39, 0.29) is 0 Å². The number of alkyl halides is 2. The van der Waals surface area contributed by atoms with Gasteiger partial charge in [-0.05, 0) is 12.1 Å². The molecule has 0 atom stereocenters. The highest BCUT2D eigenvalue weighted by molar-refractivity contribution is 5.77. The van der Waals surface area contributed by atoms with E-state index in [0.29, 0.717) is 6.54 Å². The van der Waals surface area contributed by atoms with Gasteiger partial charge in [0, 0.05) is 12.1 Å². The van der Waals surface area contributed by atoms with Crippen molar-refractivity contribution < 1.29 is 18.7 Å². The Hall–Kier alpha value is -1.49. The quantitative estimate of drug-likeness (QED) is 0.811. The average Bonchev–Trinajstić information content (AvgIpc) is 2.26. The van der Waals surface area contributed by atoms with Crippen LogP contribution in [0.25, 0.3) is 0 Å². The van der Waals surface area contributed by atoms with E-state index in [4.69, 9.17) is 5.11 Å². The third-order valence-electron chi connectivity index (χ3n) is 2.16. The van der Waals surface area contributed by atoms with E-state index in [1.54, 1.807) is 0 Å². The van der Waals surface area contributed by atoms with Gasteiger partial charge in [0.2, 0.25) is 0 Å². The van der Waals surface area contributed by atoms with Gasteiger partial charge in [-0.3, -0.25) is 0 Å². The van der Waals surface area contributed by atoms with Crippen LogP contribution in [0.1, 0.15) is 18.1 Å². The van der Waals surface area contributed by atoms with Gasteiger partial charge >= 0.3 is 11.9 Å². The molecule has 5 heteroatoms. The Labute approximate surface area is 92.1 Å². The van der Waals surface area contributed by atoms with Crippen LogP contribution in [0, 0.1) is 0 Å². The summed E-state index contributed by atoms with van der Waals surface area (Å²) in [6.07, 6.45) is 0. The molecule has 1 aromatic rings. The molecule has 1 aromatic carbocycles. The minimum Gasteiger partial charge on any atom is -0.477 e. The highest BCUT2D eigenvalue weighted by Crippen LogP contribution is 2.28. The Kier molecular flexibility index (Phi) is 3.95. The summed E-state index contributed by atoms with van der Waals surface area (Å²) in [4.78, 5) is 10.3. The molecule has 0 aliphatic rings. The molecular weight excluding hydrogens is 216 g/mol. The van der Waals surface area contributed by atoms with Crippen LogP contribution in [0.2, 0.25) is 0 Å². The molecule has 0 aliphatic carbocycles. The van der Waals surface area contributed by atoms with Crippen LogP contribution in [-0.4, -0.2) is 17.6 Å². The van der Waals surface area contributed by atoms with Crippen molar-refractivity contribution in [1.82, 2.24) is 5.32 Å². The molecule has 0 saturated heterocycles. The molecule has 0 aliphatic heterocycles. The highest BCUT2D eigenvalue weighted by atomic mass is 19.3. The molecule has 0 radical (unpaired) electrons. The number of benzene rings is 1. The van der Waals surface area contributed by atoms with E-state index in [1.165, 1.54) is 12.1 Å². The van der Waals surface area contributed by atoms with Gasteiger partial charge in [0.1, 0.15) is 0 Å². The van der Waals surface area contributed by atoms with Crippen molar-refractivity contribution in [3.05, 3.63) is 35.4 Å². The lowest BCUT2D eigenvalue weighted by Crippen LogP contribution is -2.25. The summed E-state index contributed by atoms with van der Waals surface area (Å²) >= 11 is 0. The van der Waals surface area contributed by atoms with Gasteiger partial charge in [0.15, 0.2) is 0 Å². The molecule has 0 saturated carbocycles. The van der Waals surface area contributed by atoms with Crippen molar-refractivity contribution in [2.45, 2.75) is 19.4 Å². The van der Waals surface area contributed by atoms with Gasteiger partial charge in [-0.2, -0.15) is 8.78 Å². The van der Waals surface area contributed by atoms with E-state index in [1.807, 2.05) is 6.92 Å². The first kappa shape index (κ1) is 12.6. The first-order valence-electron chi connectivity index (χ1n) is 4.89. The van der Waals surface area contributed by atoms with Crippen LogP contribution < -0.4 is 5.32 Å². The largest absolute Gasteiger partial charge is 0.477 e. The minimum absolute atomic E-state index is 0.500. The van der Waals surface area contributed by atoms with Crippen LogP contribution in [0.3, 0.4) is 0 Å². The molecule has 3 nitrogen and oxygen atoms in total. The van der Waals surface area contributed by atoms with Crippen molar-refractivity contribution in [1.29, 1.82) is 0 Å². The second kappa shape index (κ2) is 5.03. The molecule has 0 aromatic heterocycles. The maximum atomic E-state index is 13.0. The van der Waals surface area contributed by atoms with Gasteiger partial charge in [0.25, 0.3) is 0 Å². The molecule has 16 heavy (non-hydrogen) atoms. The van der Waals surface area contributed by atoms with Gasteiger partial charge < -0.3 is 10.4 Å². The van der Waals surface area contributed by atoms with Crippen LogP contribution in [0.15, 0.2) is 24.3 Å². The van der Waals surface area contributed by atoms with E-state index in [0.717, 1.165) is 24.2 Å². The number of rotatable bonds is 5. The monoisotopic (exact) mass is 229 g/mol. The van der Waals surface area contributed by atoms with Gasteiger partial charge in [-0.15, -0.1) is 0 Å². The van der Waals surface area contributed by atoms with Crippen LogP contribution in [-0.2, 0) is 17.3 Å². The molecule has 0 bridgehead atoms. The Balaban J connectivity index is 2.82. The maximum Gasteiger partial charge on any atom is 0.379 e. The molecular formula is C11H13F2NO2. The Bertz CT molecular complexity index is 363. The highest BCUT2D eigenvalue weighted by Gasteiger charge is 2.40. The van der Waals surface area contributed by atoms with E-state index in [9.17, 15) is 13.6 Å². The molecule has 0 heterocycles. The van der Waals surface area contributed by atoms with Crippen molar-refractivity contribution in [3.63, 3.8) is 0 Å². The fraction of sp³-hybridized carbons (Fsp3) is 0.364. The number of carboxylic acid groups (broad SMARTS) is 1. The summed E-state index contributed by atoms with van der Waals surface area (Å²) in [7, 11) is 0. The van der Waals surface area contributed by atoms with Crippen molar-refractivity contribution in [2.24, 2.45) is 0 Å². The third kappa shape index (κ3) is 2.76. The summed E-state index contributed by atoms with van der Waals surface area (Å²) in [6, 6.07) is 5.27. The zero-order valence-corrected chi connectivity index (χ0v) is 8.84. The summed E-state index contributed by atoms with van der Waals surface area (Å²) in [5.41, 5.74) is 0.340. The van der Waals surface area contributed by atoms with Crippen molar-refractivity contribution >= 4 is 5.97 Å². The predicted molar refractivity (Wildman–Crippen MR) is 55.4 cm³/mol. The molecule has 1 rings (SSSR count). The van der Waals surface area contributed by atoms with Gasteiger partial charge in [0.05, 0.1) is 0 Å².